The molecule has 0 aliphatic heterocycles. The summed E-state index contributed by atoms with van der Waals surface area (Å²) in [5.74, 6) is 0.338. The number of nitrogens with one attached hydrogen (secondary N) is 1. The Morgan fingerprint density at radius 2 is 1.80 bits per heavy atom. The summed E-state index contributed by atoms with van der Waals surface area (Å²) in [6, 6.07) is 13.8. The molecular weight excluding hydrogens is 297 g/mol. The first-order valence-electron chi connectivity index (χ1n) is 6.03. The molecule has 1 unspecified atom stereocenters. The Balaban J connectivity index is 1.96. The average Bonchev–Trinajstić information content (AvgIpc) is 2.41. The number of carbonyl (C=O) groups is 1. The maximum absolute atomic E-state index is 12.0. The van der Waals surface area contributed by atoms with Crippen LogP contribution in [0.4, 0.5) is 5.69 Å². The highest BCUT2D eigenvalue weighted by atomic mass is 35.5. The van der Waals surface area contributed by atoms with E-state index in [0.29, 0.717) is 21.5 Å². The molecule has 3 nitrogen and oxygen atoms in total. The van der Waals surface area contributed by atoms with Gasteiger partial charge in [0.25, 0.3) is 5.91 Å². The van der Waals surface area contributed by atoms with E-state index in [1.807, 2.05) is 0 Å². The molecule has 1 atom stereocenters. The summed E-state index contributed by atoms with van der Waals surface area (Å²) in [4.78, 5) is 12.0. The Hall–Kier alpha value is -1.71. The van der Waals surface area contributed by atoms with Crippen LogP contribution >= 0.6 is 23.2 Å². The van der Waals surface area contributed by atoms with Crippen LogP contribution in [0.2, 0.25) is 10.0 Å². The fourth-order valence-corrected chi connectivity index (χ4v) is 1.90. The number of benzene rings is 2. The van der Waals surface area contributed by atoms with Gasteiger partial charge in [0.15, 0.2) is 6.10 Å². The molecular formula is C15H13Cl2NO2. The molecule has 104 valence electrons. The van der Waals surface area contributed by atoms with Crippen LogP contribution in [-0.4, -0.2) is 12.0 Å². The number of carbonyl (C=O) groups excluding carboxylic acids is 1. The largest absolute Gasteiger partial charge is 0.481 e. The minimum absolute atomic E-state index is 0.248. The third-order valence-electron chi connectivity index (χ3n) is 2.59. The molecule has 0 aliphatic rings. The van der Waals surface area contributed by atoms with Gasteiger partial charge in [-0.3, -0.25) is 4.79 Å². The van der Waals surface area contributed by atoms with Crippen molar-refractivity contribution in [1.29, 1.82) is 0 Å². The van der Waals surface area contributed by atoms with Gasteiger partial charge >= 0.3 is 0 Å². The molecule has 1 amide bonds. The van der Waals surface area contributed by atoms with E-state index in [1.165, 1.54) is 0 Å². The number of amides is 1. The Kier molecular flexibility index (Phi) is 4.88. The molecule has 0 heterocycles. The quantitative estimate of drug-likeness (QED) is 0.909. The third kappa shape index (κ3) is 4.15. The fraction of sp³-hybridized carbons (Fsp3) is 0.133. The number of rotatable bonds is 4. The lowest BCUT2D eigenvalue weighted by Gasteiger charge is -2.14. The van der Waals surface area contributed by atoms with Crippen molar-refractivity contribution in [2.45, 2.75) is 13.0 Å². The average molecular weight is 310 g/mol. The monoisotopic (exact) mass is 309 g/mol. The third-order valence-corrected chi connectivity index (χ3v) is 3.07. The molecule has 0 fully saturated rings. The number of hydrogen-bond donors (Lipinski definition) is 1. The minimum atomic E-state index is -0.629. The normalized spacial score (nSPS) is 11.8. The number of ether oxygens (including phenoxy) is 1. The number of hydrogen-bond acceptors (Lipinski definition) is 2. The maximum Gasteiger partial charge on any atom is 0.265 e. The van der Waals surface area contributed by atoms with Gasteiger partial charge in [-0.2, -0.15) is 0 Å². The molecule has 0 aromatic heterocycles. The Morgan fingerprint density at radius 1 is 1.10 bits per heavy atom. The maximum atomic E-state index is 12.0. The van der Waals surface area contributed by atoms with E-state index in [4.69, 9.17) is 27.9 Å². The van der Waals surface area contributed by atoms with Crippen molar-refractivity contribution in [2.75, 3.05) is 5.32 Å². The lowest BCUT2D eigenvalue weighted by atomic mass is 10.3. The summed E-state index contributed by atoms with van der Waals surface area (Å²) < 4.78 is 5.53. The predicted molar refractivity (Wildman–Crippen MR) is 81.6 cm³/mol. The second-order valence-electron chi connectivity index (χ2n) is 4.21. The second-order valence-corrected chi connectivity index (χ2v) is 5.09. The van der Waals surface area contributed by atoms with Gasteiger partial charge in [0.05, 0.1) is 0 Å². The van der Waals surface area contributed by atoms with Crippen molar-refractivity contribution in [1.82, 2.24) is 0 Å². The van der Waals surface area contributed by atoms with Crippen LogP contribution in [0.3, 0.4) is 0 Å². The molecule has 0 saturated carbocycles. The highest BCUT2D eigenvalue weighted by Gasteiger charge is 2.14. The molecule has 0 saturated heterocycles. The summed E-state index contributed by atoms with van der Waals surface area (Å²) in [5.41, 5.74) is 0.633. The lowest BCUT2D eigenvalue weighted by molar-refractivity contribution is -0.122. The summed E-state index contributed by atoms with van der Waals surface area (Å²) in [6.07, 6.45) is -0.629. The Morgan fingerprint density at radius 3 is 2.45 bits per heavy atom. The van der Waals surface area contributed by atoms with Crippen molar-refractivity contribution in [3.63, 3.8) is 0 Å². The van der Waals surface area contributed by atoms with Gasteiger partial charge in [0, 0.05) is 15.7 Å². The Bertz CT molecular complexity index is 599. The number of anilines is 1. The highest BCUT2D eigenvalue weighted by Crippen LogP contribution is 2.18. The predicted octanol–water partition coefficient (Wildman–Crippen LogP) is 4.40. The molecule has 20 heavy (non-hydrogen) atoms. The van der Waals surface area contributed by atoms with Gasteiger partial charge in [0.2, 0.25) is 0 Å². The van der Waals surface area contributed by atoms with Gasteiger partial charge < -0.3 is 10.1 Å². The molecule has 0 radical (unpaired) electrons. The molecule has 0 aliphatic carbocycles. The zero-order valence-electron chi connectivity index (χ0n) is 10.8. The SMILES string of the molecule is CC(Oc1ccc(Cl)cc1)C(=O)Nc1cccc(Cl)c1. The molecule has 2 rings (SSSR count). The number of halogens is 2. The molecule has 2 aromatic carbocycles. The summed E-state index contributed by atoms with van der Waals surface area (Å²) >= 11 is 11.6. The fourth-order valence-electron chi connectivity index (χ4n) is 1.58. The second kappa shape index (κ2) is 6.64. The molecule has 5 heteroatoms. The van der Waals surface area contributed by atoms with Crippen molar-refractivity contribution >= 4 is 34.8 Å². The van der Waals surface area contributed by atoms with Gasteiger partial charge in [-0.05, 0) is 49.4 Å². The molecule has 0 spiro atoms. The first-order valence-corrected chi connectivity index (χ1v) is 6.79. The van der Waals surface area contributed by atoms with Crippen molar-refractivity contribution in [3.05, 3.63) is 58.6 Å². The molecule has 1 N–H and O–H groups in total. The van der Waals surface area contributed by atoms with Gasteiger partial charge in [-0.1, -0.05) is 29.3 Å². The van der Waals surface area contributed by atoms with Crippen molar-refractivity contribution in [2.24, 2.45) is 0 Å². The summed E-state index contributed by atoms with van der Waals surface area (Å²) in [6.45, 7) is 1.68. The van der Waals surface area contributed by atoms with Gasteiger partial charge in [-0.15, -0.1) is 0 Å². The Labute approximate surface area is 127 Å². The van der Waals surface area contributed by atoms with Crippen molar-refractivity contribution < 1.29 is 9.53 Å². The highest BCUT2D eigenvalue weighted by molar-refractivity contribution is 6.31. The van der Waals surface area contributed by atoms with Crippen LogP contribution in [0.15, 0.2) is 48.5 Å². The zero-order chi connectivity index (χ0) is 14.5. The van der Waals surface area contributed by atoms with Crippen LogP contribution in [0.1, 0.15) is 6.92 Å². The van der Waals surface area contributed by atoms with E-state index in [0.717, 1.165) is 0 Å². The topological polar surface area (TPSA) is 38.3 Å². The van der Waals surface area contributed by atoms with Gasteiger partial charge in [0.1, 0.15) is 5.75 Å². The van der Waals surface area contributed by atoms with Crippen LogP contribution in [0.5, 0.6) is 5.75 Å². The first kappa shape index (κ1) is 14.7. The van der Waals surface area contributed by atoms with E-state index in [9.17, 15) is 4.79 Å². The van der Waals surface area contributed by atoms with Crippen LogP contribution in [0, 0.1) is 0 Å². The van der Waals surface area contributed by atoms with E-state index in [2.05, 4.69) is 5.32 Å². The van der Waals surface area contributed by atoms with Crippen molar-refractivity contribution in [3.8, 4) is 5.75 Å². The van der Waals surface area contributed by atoms with Crippen LogP contribution in [-0.2, 0) is 4.79 Å². The smallest absolute Gasteiger partial charge is 0.265 e. The summed E-state index contributed by atoms with van der Waals surface area (Å²) in [5, 5.41) is 3.92. The summed E-state index contributed by atoms with van der Waals surface area (Å²) in [7, 11) is 0. The standard InChI is InChI=1S/C15H13Cl2NO2/c1-10(20-14-7-5-11(16)6-8-14)15(19)18-13-4-2-3-12(17)9-13/h2-10H,1H3,(H,18,19). The first-order chi connectivity index (χ1) is 9.54. The van der Waals surface area contributed by atoms with E-state index >= 15 is 0 Å². The van der Waals surface area contributed by atoms with Crippen LogP contribution < -0.4 is 10.1 Å². The van der Waals surface area contributed by atoms with E-state index in [1.54, 1.807) is 55.5 Å². The molecule has 2 aromatic rings. The zero-order valence-corrected chi connectivity index (χ0v) is 12.3. The van der Waals surface area contributed by atoms with Gasteiger partial charge in [-0.25, -0.2) is 0 Å². The lowest BCUT2D eigenvalue weighted by Crippen LogP contribution is -2.30. The van der Waals surface area contributed by atoms with E-state index < -0.39 is 6.10 Å². The van der Waals surface area contributed by atoms with E-state index in [-0.39, 0.29) is 5.91 Å². The van der Waals surface area contributed by atoms with Crippen LogP contribution in [0.25, 0.3) is 0 Å². The molecule has 0 bridgehead atoms. The minimum Gasteiger partial charge on any atom is -0.481 e.